The van der Waals surface area contributed by atoms with Crippen LogP contribution < -0.4 is 14.8 Å². The van der Waals surface area contributed by atoms with E-state index in [1.807, 2.05) is 6.07 Å². The van der Waals surface area contributed by atoms with Crippen LogP contribution in [0.4, 0.5) is 5.69 Å². The molecule has 0 saturated carbocycles. The van der Waals surface area contributed by atoms with Gasteiger partial charge >= 0.3 is 0 Å². The van der Waals surface area contributed by atoms with Crippen molar-refractivity contribution in [2.75, 3.05) is 52.3 Å². The van der Waals surface area contributed by atoms with Crippen LogP contribution in [-0.4, -0.2) is 68.7 Å². The highest BCUT2D eigenvalue weighted by atomic mass is 16.5. The van der Waals surface area contributed by atoms with Crippen LogP contribution in [0.5, 0.6) is 11.5 Å². The molecule has 0 radical (unpaired) electrons. The summed E-state index contributed by atoms with van der Waals surface area (Å²) in [7, 11) is 3.19. The number of anilines is 1. The normalized spacial score (nSPS) is 21.1. The summed E-state index contributed by atoms with van der Waals surface area (Å²) in [5.74, 6) is 1.33. The third-order valence-corrected chi connectivity index (χ3v) is 5.47. The Morgan fingerprint density at radius 3 is 2.81 bits per heavy atom. The summed E-state index contributed by atoms with van der Waals surface area (Å²) in [6.45, 7) is 5.75. The molecule has 1 N–H and O–H groups in total. The quantitative estimate of drug-likeness (QED) is 0.809. The van der Waals surface area contributed by atoms with Crippen LogP contribution in [-0.2, 0) is 4.79 Å². The summed E-state index contributed by atoms with van der Waals surface area (Å²) < 4.78 is 10.5. The van der Waals surface area contributed by atoms with Gasteiger partial charge in [-0.1, -0.05) is 6.42 Å². The molecule has 0 aromatic heterocycles. The molecule has 144 valence electrons. The lowest BCUT2D eigenvalue weighted by molar-refractivity contribution is -0.116. The molecule has 2 heterocycles. The summed E-state index contributed by atoms with van der Waals surface area (Å²) >= 11 is 0. The van der Waals surface area contributed by atoms with Crippen molar-refractivity contribution < 1.29 is 14.3 Å². The fourth-order valence-electron chi connectivity index (χ4n) is 4.02. The molecule has 1 atom stereocenters. The number of methoxy groups -OCH3 is 2. The third kappa shape index (κ3) is 4.89. The average Bonchev–Trinajstić information content (AvgIpc) is 2.67. The van der Waals surface area contributed by atoms with Crippen molar-refractivity contribution in [3.05, 3.63) is 18.2 Å². The molecular formula is C20H31N3O3. The van der Waals surface area contributed by atoms with E-state index in [1.165, 1.54) is 32.4 Å². The van der Waals surface area contributed by atoms with Crippen LogP contribution in [0.2, 0.25) is 0 Å². The summed E-state index contributed by atoms with van der Waals surface area (Å²) in [5.41, 5.74) is 0.739. The van der Waals surface area contributed by atoms with Gasteiger partial charge < -0.3 is 19.7 Å². The van der Waals surface area contributed by atoms with Crippen LogP contribution in [0.3, 0.4) is 0 Å². The first-order valence-corrected chi connectivity index (χ1v) is 9.68. The van der Waals surface area contributed by atoms with Gasteiger partial charge in [-0.05, 0) is 44.5 Å². The molecule has 2 aliphatic heterocycles. The maximum absolute atomic E-state index is 12.2. The summed E-state index contributed by atoms with van der Waals surface area (Å²) in [6.07, 6.45) is 5.48. The van der Waals surface area contributed by atoms with Crippen molar-refractivity contribution in [3.8, 4) is 11.5 Å². The zero-order valence-corrected chi connectivity index (χ0v) is 16.0. The molecule has 1 aromatic rings. The van der Waals surface area contributed by atoms with Crippen LogP contribution in [0.25, 0.3) is 0 Å². The highest BCUT2D eigenvalue weighted by molar-refractivity contribution is 5.91. The van der Waals surface area contributed by atoms with E-state index in [-0.39, 0.29) is 5.91 Å². The second-order valence-corrected chi connectivity index (χ2v) is 7.21. The molecule has 2 saturated heterocycles. The molecular weight excluding hydrogens is 330 g/mol. The van der Waals surface area contributed by atoms with Crippen molar-refractivity contribution in [2.24, 2.45) is 0 Å². The molecule has 0 aliphatic carbocycles. The number of rotatable bonds is 7. The Hall–Kier alpha value is -1.79. The lowest BCUT2D eigenvalue weighted by Gasteiger charge is -2.44. The van der Waals surface area contributed by atoms with Crippen LogP contribution in [0, 0.1) is 0 Å². The minimum atomic E-state index is 0.0496. The Morgan fingerprint density at radius 1 is 1.15 bits per heavy atom. The van der Waals surface area contributed by atoms with Gasteiger partial charge in [0.2, 0.25) is 5.91 Å². The van der Waals surface area contributed by atoms with E-state index in [0.717, 1.165) is 37.8 Å². The van der Waals surface area contributed by atoms with Crippen molar-refractivity contribution >= 4 is 11.6 Å². The number of fused-ring (bicyclic) bond motifs is 1. The fourth-order valence-corrected chi connectivity index (χ4v) is 4.02. The second kappa shape index (κ2) is 9.24. The van der Waals surface area contributed by atoms with E-state index in [9.17, 15) is 4.79 Å². The monoisotopic (exact) mass is 361 g/mol. The Kier molecular flexibility index (Phi) is 6.74. The molecule has 6 nitrogen and oxygen atoms in total. The van der Waals surface area contributed by atoms with Gasteiger partial charge in [-0.3, -0.25) is 9.69 Å². The standard InChI is InChI=1S/C20H31N3O3/c1-25-18-9-8-16(14-19(18)26-2)21-20(24)7-5-10-22-12-13-23-11-4-3-6-17(23)15-22/h8-9,14,17H,3-7,10-13,15H2,1-2H3,(H,21,24). The number of benzene rings is 1. The van der Waals surface area contributed by atoms with Crippen molar-refractivity contribution in [2.45, 2.75) is 38.1 Å². The predicted octanol–water partition coefficient (Wildman–Crippen LogP) is 2.59. The van der Waals surface area contributed by atoms with Gasteiger partial charge in [0.25, 0.3) is 0 Å². The number of nitrogens with one attached hydrogen (secondary N) is 1. The number of carbonyl (C=O) groups excluding carboxylic acids is 1. The summed E-state index contributed by atoms with van der Waals surface area (Å²) in [6, 6.07) is 6.16. The zero-order chi connectivity index (χ0) is 18.4. The lowest BCUT2D eigenvalue weighted by atomic mass is 9.99. The second-order valence-electron chi connectivity index (χ2n) is 7.21. The molecule has 1 aromatic carbocycles. The van der Waals surface area contributed by atoms with Gasteiger partial charge in [-0.2, -0.15) is 0 Å². The number of amides is 1. The molecule has 0 bridgehead atoms. The zero-order valence-electron chi connectivity index (χ0n) is 16.0. The molecule has 26 heavy (non-hydrogen) atoms. The highest BCUT2D eigenvalue weighted by Gasteiger charge is 2.28. The van der Waals surface area contributed by atoms with Gasteiger partial charge in [0, 0.05) is 43.9 Å². The van der Waals surface area contributed by atoms with Gasteiger partial charge in [0.15, 0.2) is 11.5 Å². The number of piperidine rings is 1. The molecule has 0 spiro atoms. The molecule has 1 amide bonds. The van der Waals surface area contributed by atoms with Gasteiger partial charge in [-0.25, -0.2) is 0 Å². The first-order chi connectivity index (χ1) is 12.7. The predicted molar refractivity (Wildman–Crippen MR) is 103 cm³/mol. The Balaban J connectivity index is 1.40. The van der Waals surface area contributed by atoms with E-state index in [2.05, 4.69) is 15.1 Å². The smallest absolute Gasteiger partial charge is 0.224 e. The van der Waals surface area contributed by atoms with E-state index < -0.39 is 0 Å². The topological polar surface area (TPSA) is 54.0 Å². The fraction of sp³-hybridized carbons (Fsp3) is 0.650. The Morgan fingerprint density at radius 2 is 2.00 bits per heavy atom. The van der Waals surface area contributed by atoms with Crippen LogP contribution in [0.15, 0.2) is 18.2 Å². The number of hydrogen-bond acceptors (Lipinski definition) is 5. The van der Waals surface area contributed by atoms with Gasteiger partial charge in [0.05, 0.1) is 14.2 Å². The maximum atomic E-state index is 12.2. The minimum absolute atomic E-state index is 0.0496. The number of carbonyl (C=O) groups is 1. The van der Waals surface area contributed by atoms with Crippen molar-refractivity contribution in [3.63, 3.8) is 0 Å². The summed E-state index contributed by atoms with van der Waals surface area (Å²) in [5, 5.41) is 2.95. The first kappa shape index (κ1) is 19.0. The molecule has 1 unspecified atom stereocenters. The van der Waals surface area contributed by atoms with Crippen LogP contribution in [0.1, 0.15) is 32.1 Å². The largest absolute Gasteiger partial charge is 0.493 e. The lowest BCUT2D eigenvalue weighted by Crippen LogP contribution is -2.54. The summed E-state index contributed by atoms with van der Waals surface area (Å²) in [4.78, 5) is 17.4. The first-order valence-electron chi connectivity index (χ1n) is 9.68. The van der Waals surface area contributed by atoms with Crippen LogP contribution >= 0.6 is 0 Å². The maximum Gasteiger partial charge on any atom is 0.224 e. The third-order valence-electron chi connectivity index (χ3n) is 5.47. The number of ether oxygens (including phenoxy) is 2. The molecule has 3 rings (SSSR count). The van der Waals surface area contributed by atoms with E-state index in [1.54, 1.807) is 26.4 Å². The molecule has 6 heteroatoms. The Labute approximate surface area is 156 Å². The minimum Gasteiger partial charge on any atom is -0.493 e. The number of hydrogen-bond donors (Lipinski definition) is 1. The van der Waals surface area contributed by atoms with Crippen molar-refractivity contribution in [1.29, 1.82) is 0 Å². The van der Waals surface area contributed by atoms with E-state index >= 15 is 0 Å². The SMILES string of the molecule is COc1ccc(NC(=O)CCCN2CCN3CCCCC3C2)cc1OC. The number of nitrogens with zero attached hydrogens (tertiary/aromatic N) is 2. The van der Waals surface area contributed by atoms with Gasteiger partial charge in [-0.15, -0.1) is 0 Å². The average molecular weight is 361 g/mol. The number of piperazine rings is 1. The van der Waals surface area contributed by atoms with E-state index in [0.29, 0.717) is 17.9 Å². The Bertz CT molecular complexity index is 608. The molecule has 2 aliphatic rings. The van der Waals surface area contributed by atoms with E-state index in [4.69, 9.17) is 9.47 Å². The van der Waals surface area contributed by atoms with Gasteiger partial charge in [0.1, 0.15) is 0 Å². The highest BCUT2D eigenvalue weighted by Crippen LogP contribution is 2.29. The molecule has 2 fully saturated rings. The van der Waals surface area contributed by atoms with Crippen molar-refractivity contribution in [1.82, 2.24) is 9.80 Å².